The zero-order chi connectivity index (χ0) is 19.0. The van der Waals surface area contributed by atoms with E-state index in [1.807, 2.05) is 30.5 Å². The van der Waals surface area contributed by atoms with Crippen molar-refractivity contribution < 1.29 is 4.79 Å². The Bertz CT molecular complexity index is 1190. The summed E-state index contributed by atoms with van der Waals surface area (Å²) in [6, 6.07) is 13.8. The van der Waals surface area contributed by atoms with Crippen LogP contribution in [-0.4, -0.2) is 19.9 Å². The number of halogens is 1. The third-order valence-electron chi connectivity index (χ3n) is 4.59. The second kappa shape index (κ2) is 6.89. The number of hydrogen-bond acceptors (Lipinski definition) is 3. The lowest BCUT2D eigenvalue weighted by Gasteiger charge is -2.18. The zero-order valence-corrected chi connectivity index (χ0v) is 15.3. The molecule has 4 aromatic rings. The van der Waals surface area contributed by atoms with Crippen LogP contribution < -0.4 is 10.9 Å². The number of carbonyl (C=O) groups is 1. The summed E-state index contributed by atoms with van der Waals surface area (Å²) in [7, 11) is 0. The van der Waals surface area contributed by atoms with Gasteiger partial charge in [0.1, 0.15) is 11.6 Å². The molecule has 0 aliphatic carbocycles. The maximum absolute atomic E-state index is 13.0. The lowest BCUT2D eigenvalue weighted by Crippen LogP contribution is -2.36. The average Bonchev–Trinajstić information content (AvgIpc) is 3.18. The molecule has 3 aromatic heterocycles. The van der Waals surface area contributed by atoms with E-state index in [4.69, 9.17) is 11.6 Å². The van der Waals surface area contributed by atoms with Gasteiger partial charge in [0.2, 0.25) is 5.91 Å². The summed E-state index contributed by atoms with van der Waals surface area (Å²) in [6.45, 7) is 2.06. The molecule has 0 saturated carbocycles. The van der Waals surface area contributed by atoms with Crippen LogP contribution in [0.2, 0.25) is 5.02 Å². The number of aromatic nitrogens is 3. The molecule has 3 heterocycles. The van der Waals surface area contributed by atoms with Crippen molar-refractivity contribution in [2.75, 3.05) is 0 Å². The van der Waals surface area contributed by atoms with Gasteiger partial charge in [0.15, 0.2) is 5.65 Å². The molecule has 6 nitrogen and oxygen atoms in total. The third kappa shape index (κ3) is 3.08. The smallest absolute Gasteiger partial charge is 0.277 e. The molecule has 4 rings (SSSR count). The Labute approximate surface area is 160 Å². The minimum atomic E-state index is -0.706. The van der Waals surface area contributed by atoms with E-state index in [9.17, 15) is 9.59 Å². The van der Waals surface area contributed by atoms with Crippen molar-refractivity contribution in [2.24, 2.45) is 0 Å². The van der Waals surface area contributed by atoms with Gasteiger partial charge in [-0.2, -0.15) is 0 Å². The van der Waals surface area contributed by atoms with Gasteiger partial charge in [-0.1, -0.05) is 23.7 Å². The van der Waals surface area contributed by atoms with E-state index in [2.05, 4.69) is 10.3 Å². The van der Waals surface area contributed by atoms with Gasteiger partial charge in [0.25, 0.3) is 5.56 Å². The number of benzene rings is 1. The van der Waals surface area contributed by atoms with Gasteiger partial charge in [-0.05, 0) is 48.9 Å². The predicted octanol–water partition coefficient (Wildman–Crippen LogP) is 3.18. The van der Waals surface area contributed by atoms with Crippen LogP contribution in [0.4, 0.5) is 0 Å². The van der Waals surface area contributed by atoms with Crippen molar-refractivity contribution in [1.29, 1.82) is 0 Å². The van der Waals surface area contributed by atoms with Gasteiger partial charge in [-0.25, -0.2) is 4.98 Å². The summed E-state index contributed by atoms with van der Waals surface area (Å²) >= 11 is 5.88. The average molecular weight is 381 g/mol. The summed E-state index contributed by atoms with van der Waals surface area (Å²) in [5.41, 5.74) is 2.43. The van der Waals surface area contributed by atoms with Crippen molar-refractivity contribution in [3.63, 3.8) is 0 Å². The highest BCUT2D eigenvalue weighted by molar-refractivity contribution is 6.30. The molecule has 1 N–H and O–H groups in total. The van der Waals surface area contributed by atoms with Gasteiger partial charge in [0.05, 0.1) is 5.52 Å². The SMILES string of the molecule is CC(C(=O)NCc1ccc(Cl)cc1)n1c(=O)c2cccn2c2cccnc21. The Morgan fingerprint density at radius 2 is 1.89 bits per heavy atom. The molecule has 1 atom stereocenters. The minimum absolute atomic E-state index is 0.250. The number of amides is 1. The van der Waals surface area contributed by atoms with Crippen molar-refractivity contribution in [3.05, 3.63) is 81.9 Å². The van der Waals surface area contributed by atoms with Crippen molar-refractivity contribution >= 4 is 34.2 Å². The molecule has 0 aliphatic heterocycles. The van der Waals surface area contributed by atoms with Crippen LogP contribution in [0.1, 0.15) is 18.5 Å². The fourth-order valence-corrected chi connectivity index (χ4v) is 3.29. The fourth-order valence-electron chi connectivity index (χ4n) is 3.16. The van der Waals surface area contributed by atoms with Gasteiger partial charge < -0.3 is 9.72 Å². The molecule has 7 heteroatoms. The minimum Gasteiger partial charge on any atom is -0.350 e. The molecular formula is C20H17ClN4O2. The lowest BCUT2D eigenvalue weighted by molar-refractivity contribution is -0.124. The van der Waals surface area contributed by atoms with Gasteiger partial charge in [0, 0.05) is 24.0 Å². The normalized spacial score (nSPS) is 12.4. The van der Waals surface area contributed by atoms with E-state index < -0.39 is 6.04 Å². The van der Waals surface area contributed by atoms with E-state index in [1.54, 1.807) is 41.8 Å². The van der Waals surface area contributed by atoms with Crippen LogP contribution in [0.15, 0.2) is 65.7 Å². The first-order valence-corrected chi connectivity index (χ1v) is 8.92. The number of nitrogens with one attached hydrogen (secondary N) is 1. The van der Waals surface area contributed by atoms with E-state index in [0.29, 0.717) is 22.7 Å². The third-order valence-corrected chi connectivity index (χ3v) is 4.84. The standard InChI is InChI=1S/C20H17ClN4O2/c1-13(19(26)23-12-14-6-8-15(21)9-7-14)25-18-16(4-2-10-22-18)24-11-3-5-17(24)20(25)27/h2-11,13H,12H2,1H3,(H,23,26). The lowest BCUT2D eigenvalue weighted by atomic mass is 10.2. The highest BCUT2D eigenvalue weighted by Gasteiger charge is 2.21. The highest BCUT2D eigenvalue weighted by atomic mass is 35.5. The van der Waals surface area contributed by atoms with E-state index >= 15 is 0 Å². The van der Waals surface area contributed by atoms with Gasteiger partial charge in [-0.15, -0.1) is 0 Å². The quantitative estimate of drug-likeness (QED) is 0.591. The topological polar surface area (TPSA) is 68.4 Å². The summed E-state index contributed by atoms with van der Waals surface area (Å²) in [4.78, 5) is 30.0. The maximum atomic E-state index is 13.0. The largest absolute Gasteiger partial charge is 0.350 e. The molecule has 136 valence electrons. The van der Waals surface area contributed by atoms with Gasteiger partial charge >= 0.3 is 0 Å². The van der Waals surface area contributed by atoms with Crippen LogP contribution in [0.25, 0.3) is 16.7 Å². The Kier molecular flexibility index (Phi) is 4.41. The first-order chi connectivity index (χ1) is 13.1. The molecule has 0 fully saturated rings. The van der Waals surface area contributed by atoms with Crippen molar-refractivity contribution in [3.8, 4) is 0 Å². The van der Waals surface area contributed by atoms with Crippen molar-refractivity contribution in [1.82, 2.24) is 19.3 Å². The first kappa shape index (κ1) is 17.3. The molecular weight excluding hydrogens is 364 g/mol. The number of carbonyl (C=O) groups excluding carboxylic acids is 1. The summed E-state index contributed by atoms with van der Waals surface area (Å²) in [5.74, 6) is -0.255. The first-order valence-electron chi connectivity index (χ1n) is 8.55. The van der Waals surface area contributed by atoms with Crippen LogP contribution >= 0.6 is 11.6 Å². The second-order valence-corrected chi connectivity index (χ2v) is 6.74. The second-order valence-electron chi connectivity index (χ2n) is 6.30. The molecule has 0 spiro atoms. The molecule has 0 radical (unpaired) electrons. The van der Waals surface area contributed by atoms with E-state index in [-0.39, 0.29) is 11.5 Å². The van der Waals surface area contributed by atoms with Crippen LogP contribution in [0.5, 0.6) is 0 Å². The predicted molar refractivity (Wildman–Crippen MR) is 105 cm³/mol. The molecule has 0 bridgehead atoms. The van der Waals surface area contributed by atoms with Crippen LogP contribution in [0.3, 0.4) is 0 Å². The number of nitrogens with zero attached hydrogens (tertiary/aromatic N) is 3. The summed E-state index contributed by atoms with van der Waals surface area (Å²) in [6.07, 6.45) is 3.43. The Morgan fingerprint density at radius 3 is 2.67 bits per heavy atom. The van der Waals surface area contributed by atoms with Crippen LogP contribution in [-0.2, 0) is 11.3 Å². The maximum Gasteiger partial charge on any atom is 0.277 e. The summed E-state index contributed by atoms with van der Waals surface area (Å²) < 4.78 is 3.24. The molecule has 1 amide bonds. The monoisotopic (exact) mass is 380 g/mol. The number of hydrogen-bond donors (Lipinski definition) is 1. The molecule has 0 aliphatic rings. The van der Waals surface area contributed by atoms with E-state index in [1.165, 1.54) is 4.57 Å². The Hall–Kier alpha value is -3.12. The Morgan fingerprint density at radius 1 is 1.15 bits per heavy atom. The molecule has 1 unspecified atom stereocenters. The fraction of sp³-hybridized carbons (Fsp3) is 0.150. The molecule has 27 heavy (non-hydrogen) atoms. The zero-order valence-electron chi connectivity index (χ0n) is 14.6. The number of rotatable bonds is 4. The van der Waals surface area contributed by atoms with Crippen LogP contribution in [0, 0.1) is 0 Å². The van der Waals surface area contributed by atoms with Gasteiger partial charge in [-0.3, -0.25) is 14.2 Å². The Balaban J connectivity index is 1.69. The van der Waals surface area contributed by atoms with Crippen molar-refractivity contribution in [2.45, 2.75) is 19.5 Å². The highest BCUT2D eigenvalue weighted by Crippen LogP contribution is 2.17. The van der Waals surface area contributed by atoms with E-state index in [0.717, 1.165) is 11.1 Å². The molecule has 0 saturated heterocycles. The summed E-state index contributed by atoms with van der Waals surface area (Å²) in [5, 5.41) is 3.52. The number of pyridine rings is 1. The number of fused-ring (bicyclic) bond motifs is 3. The molecule has 1 aromatic carbocycles.